The second kappa shape index (κ2) is 4.72. The standard InChI is InChI=1S/C6H10O7P/c1-3-5(7,8)12-14(11)13-6(9,10)4-2/h3-4,7-10H,1-2H2/q+1. The van der Waals surface area contributed by atoms with Crippen LogP contribution < -0.4 is 0 Å². The van der Waals surface area contributed by atoms with Crippen molar-refractivity contribution in [1.29, 1.82) is 0 Å². The lowest BCUT2D eigenvalue weighted by Crippen LogP contribution is -2.29. The lowest BCUT2D eigenvalue weighted by molar-refractivity contribution is -0.281. The van der Waals surface area contributed by atoms with E-state index in [9.17, 15) is 4.57 Å². The second-order valence-electron chi connectivity index (χ2n) is 2.13. The van der Waals surface area contributed by atoms with Gasteiger partial charge >= 0.3 is 20.2 Å². The maximum absolute atomic E-state index is 10.8. The summed E-state index contributed by atoms with van der Waals surface area (Å²) in [5.74, 6) is -5.74. The van der Waals surface area contributed by atoms with Gasteiger partial charge in [-0.25, -0.2) is 0 Å². The average Bonchev–Trinajstić information content (AvgIpc) is 2.02. The Morgan fingerprint density at radius 2 is 1.29 bits per heavy atom. The van der Waals surface area contributed by atoms with Crippen LogP contribution in [0.2, 0.25) is 0 Å². The van der Waals surface area contributed by atoms with E-state index in [1.807, 2.05) is 0 Å². The van der Waals surface area contributed by atoms with Crippen LogP contribution in [-0.2, 0) is 13.6 Å². The zero-order chi connectivity index (χ0) is 11.4. The minimum Gasteiger partial charge on any atom is -0.337 e. The van der Waals surface area contributed by atoms with Gasteiger partial charge in [0.1, 0.15) is 0 Å². The predicted octanol–water partition coefficient (Wildman–Crippen LogP) is -0.674. The fraction of sp³-hybridized carbons (Fsp3) is 0.333. The second-order valence-corrected chi connectivity index (χ2v) is 2.94. The molecule has 0 radical (unpaired) electrons. The summed E-state index contributed by atoms with van der Waals surface area (Å²) < 4.78 is 18.6. The Bertz CT molecular complexity index is 223. The fourth-order valence-electron chi connectivity index (χ4n) is 0.313. The number of rotatable bonds is 6. The molecule has 14 heavy (non-hydrogen) atoms. The summed E-state index contributed by atoms with van der Waals surface area (Å²) in [6, 6.07) is 0. The van der Waals surface area contributed by atoms with Gasteiger partial charge in [-0.2, -0.15) is 0 Å². The Kier molecular flexibility index (Phi) is 4.50. The van der Waals surface area contributed by atoms with Gasteiger partial charge in [0.2, 0.25) is 0 Å². The van der Waals surface area contributed by atoms with Crippen molar-refractivity contribution < 1.29 is 34.0 Å². The lowest BCUT2D eigenvalue weighted by Gasteiger charge is -2.10. The SMILES string of the molecule is C=CC(O)(O)O[P+](=O)OC(O)(O)C=C. The zero-order valence-electron chi connectivity index (χ0n) is 7.03. The Labute approximate surface area is 80.5 Å². The number of aliphatic hydroxyl groups is 4. The molecule has 0 spiro atoms. The molecule has 0 fully saturated rings. The first-order valence-corrected chi connectivity index (χ1v) is 4.34. The molecule has 0 rings (SSSR count). The van der Waals surface area contributed by atoms with Gasteiger partial charge in [0.05, 0.1) is 0 Å². The fourth-order valence-corrected chi connectivity index (χ4v) is 0.938. The van der Waals surface area contributed by atoms with Crippen LogP contribution >= 0.6 is 8.25 Å². The number of hydrogen-bond donors (Lipinski definition) is 4. The Balaban J connectivity index is 4.25. The van der Waals surface area contributed by atoms with Crippen LogP contribution in [0.1, 0.15) is 0 Å². The molecule has 4 N–H and O–H groups in total. The van der Waals surface area contributed by atoms with Crippen molar-refractivity contribution in [2.75, 3.05) is 0 Å². The van der Waals surface area contributed by atoms with Crippen molar-refractivity contribution in [3.63, 3.8) is 0 Å². The van der Waals surface area contributed by atoms with Crippen LogP contribution in [0, 0.1) is 0 Å². The van der Waals surface area contributed by atoms with Gasteiger partial charge in [0.15, 0.2) is 0 Å². The molecule has 80 valence electrons. The zero-order valence-corrected chi connectivity index (χ0v) is 7.92. The smallest absolute Gasteiger partial charge is 0.337 e. The summed E-state index contributed by atoms with van der Waals surface area (Å²) in [5, 5.41) is 34.9. The molecular weight excluding hydrogens is 215 g/mol. The molecule has 0 amide bonds. The van der Waals surface area contributed by atoms with E-state index in [0.717, 1.165) is 0 Å². The van der Waals surface area contributed by atoms with E-state index in [4.69, 9.17) is 20.4 Å². The highest BCUT2D eigenvalue weighted by molar-refractivity contribution is 7.33. The van der Waals surface area contributed by atoms with Crippen LogP contribution in [0.3, 0.4) is 0 Å². The van der Waals surface area contributed by atoms with Gasteiger partial charge in [-0.05, 0) is 9.05 Å². The summed E-state index contributed by atoms with van der Waals surface area (Å²) >= 11 is 0. The molecule has 0 saturated heterocycles. The molecule has 8 heteroatoms. The van der Waals surface area contributed by atoms with Crippen molar-refractivity contribution in [1.82, 2.24) is 0 Å². The molecule has 0 aromatic carbocycles. The van der Waals surface area contributed by atoms with E-state index in [1.165, 1.54) is 0 Å². The quantitative estimate of drug-likeness (QED) is 0.269. The van der Waals surface area contributed by atoms with E-state index in [-0.39, 0.29) is 0 Å². The molecule has 0 bridgehead atoms. The Morgan fingerprint density at radius 3 is 1.50 bits per heavy atom. The maximum Gasteiger partial charge on any atom is 0.709 e. The molecule has 0 atom stereocenters. The molecule has 7 nitrogen and oxygen atoms in total. The summed E-state index contributed by atoms with van der Waals surface area (Å²) in [7, 11) is -3.16. The predicted molar refractivity (Wildman–Crippen MR) is 44.5 cm³/mol. The first-order valence-electron chi connectivity index (χ1n) is 3.24. The minimum atomic E-state index is -3.16. The van der Waals surface area contributed by atoms with Gasteiger partial charge in [0.25, 0.3) is 0 Å². The monoisotopic (exact) mass is 225 g/mol. The normalized spacial score (nSPS) is 12.3. The van der Waals surface area contributed by atoms with Crippen LogP contribution in [0.4, 0.5) is 0 Å². The highest BCUT2D eigenvalue weighted by Gasteiger charge is 2.42. The van der Waals surface area contributed by atoms with Crippen LogP contribution in [0.5, 0.6) is 0 Å². The third kappa shape index (κ3) is 5.15. The Morgan fingerprint density at radius 1 is 1.00 bits per heavy atom. The first kappa shape index (κ1) is 13.3. The molecule has 0 aliphatic carbocycles. The lowest BCUT2D eigenvalue weighted by atomic mass is 10.6. The van der Waals surface area contributed by atoms with E-state index in [1.54, 1.807) is 0 Å². The van der Waals surface area contributed by atoms with Crippen molar-refractivity contribution in [2.45, 2.75) is 11.9 Å². The molecule has 0 heterocycles. The highest BCUT2D eigenvalue weighted by atomic mass is 31.1. The Hall–Kier alpha value is -0.660. The molecule has 0 aromatic rings. The van der Waals surface area contributed by atoms with Gasteiger partial charge in [-0.3, -0.25) is 0 Å². The van der Waals surface area contributed by atoms with E-state index in [2.05, 4.69) is 22.2 Å². The number of hydrogen-bond acceptors (Lipinski definition) is 7. The van der Waals surface area contributed by atoms with Gasteiger partial charge < -0.3 is 20.4 Å². The summed E-state index contributed by atoms with van der Waals surface area (Å²) in [6.45, 7) is 5.90. The minimum absolute atomic E-state index is 0.522. The van der Waals surface area contributed by atoms with Gasteiger partial charge in [0, 0.05) is 16.7 Å². The van der Waals surface area contributed by atoms with Crippen molar-refractivity contribution in [3.05, 3.63) is 25.3 Å². The van der Waals surface area contributed by atoms with Crippen molar-refractivity contribution in [2.24, 2.45) is 0 Å². The van der Waals surface area contributed by atoms with Crippen LogP contribution in [0.25, 0.3) is 0 Å². The molecule has 0 aliphatic rings. The van der Waals surface area contributed by atoms with Gasteiger partial charge in [-0.15, -0.1) is 0 Å². The third-order valence-corrected chi connectivity index (χ3v) is 1.79. The van der Waals surface area contributed by atoms with E-state index < -0.39 is 20.2 Å². The van der Waals surface area contributed by atoms with Crippen LogP contribution in [0.15, 0.2) is 25.3 Å². The van der Waals surface area contributed by atoms with Crippen molar-refractivity contribution in [3.8, 4) is 0 Å². The third-order valence-electron chi connectivity index (χ3n) is 0.950. The molecule has 0 aliphatic heterocycles. The maximum atomic E-state index is 10.8. The first-order chi connectivity index (χ1) is 6.22. The van der Waals surface area contributed by atoms with E-state index >= 15 is 0 Å². The topological polar surface area (TPSA) is 116 Å². The van der Waals surface area contributed by atoms with Gasteiger partial charge in [-0.1, -0.05) is 13.2 Å². The highest BCUT2D eigenvalue weighted by Crippen LogP contribution is 2.33. The largest absolute Gasteiger partial charge is 0.709 e. The molecule has 0 saturated carbocycles. The average molecular weight is 225 g/mol. The summed E-state index contributed by atoms with van der Waals surface area (Å²) in [6.07, 6.45) is 1.04. The van der Waals surface area contributed by atoms with Crippen LogP contribution in [-0.4, -0.2) is 32.4 Å². The summed E-state index contributed by atoms with van der Waals surface area (Å²) in [5.41, 5.74) is 0. The summed E-state index contributed by atoms with van der Waals surface area (Å²) in [4.78, 5) is 0. The molecular formula is C6H10O7P+. The van der Waals surface area contributed by atoms with Crippen molar-refractivity contribution >= 4 is 8.25 Å². The molecule has 0 unspecified atom stereocenters. The van der Waals surface area contributed by atoms with E-state index in [0.29, 0.717) is 12.2 Å². The molecule has 0 aromatic heterocycles.